The monoisotopic (exact) mass is 382 g/mol. The number of nitrogens with zero attached hydrogens (tertiary/aromatic N) is 2. The highest BCUT2D eigenvalue weighted by Gasteiger charge is 2.28. The highest BCUT2D eigenvalue weighted by Crippen LogP contribution is 2.38. The minimum absolute atomic E-state index is 0.173. The molecular formula is C21H22N2O3S. The third-order valence-electron chi connectivity index (χ3n) is 4.84. The molecule has 1 aliphatic carbocycles. The maximum absolute atomic E-state index is 12.5. The zero-order valence-corrected chi connectivity index (χ0v) is 16.5. The van der Waals surface area contributed by atoms with Crippen molar-refractivity contribution in [3.05, 3.63) is 58.4 Å². The van der Waals surface area contributed by atoms with Crippen LogP contribution in [0.5, 0.6) is 5.75 Å². The number of rotatable bonds is 6. The summed E-state index contributed by atoms with van der Waals surface area (Å²) in [6.45, 7) is 4.21. The van der Waals surface area contributed by atoms with E-state index < -0.39 is 0 Å². The van der Waals surface area contributed by atoms with Crippen LogP contribution < -0.4 is 4.74 Å². The number of hydrogen-bond donors (Lipinski definition) is 0. The minimum Gasteiger partial charge on any atom is -0.497 e. The molecule has 5 nitrogen and oxygen atoms in total. The van der Waals surface area contributed by atoms with Gasteiger partial charge in [-0.15, -0.1) is 11.3 Å². The average molecular weight is 382 g/mol. The van der Waals surface area contributed by atoms with Gasteiger partial charge in [0, 0.05) is 28.4 Å². The summed E-state index contributed by atoms with van der Waals surface area (Å²) < 4.78 is 13.0. The van der Waals surface area contributed by atoms with Crippen LogP contribution in [-0.4, -0.2) is 22.6 Å². The van der Waals surface area contributed by atoms with E-state index in [4.69, 9.17) is 9.47 Å². The molecule has 0 atom stereocenters. The molecule has 2 heterocycles. The van der Waals surface area contributed by atoms with Crippen LogP contribution in [0, 0.1) is 13.8 Å². The van der Waals surface area contributed by atoms with E-state index in [1.54, 1.807) is 7.11 Å². The van der Waals surface area contributed by atoms with Crippen LogP contribution in [0.1, 0.15) is 46.3 Å². The summed E-state index contributed by atoms with van der Waals surface area (Å²) in [6, 6.07) is 10.3. The Morgan fingerprint density at radius 2 is 2.11 bits per heavy atom. The van der Waals surface area contributed by atoms with E-state index in [-0.39, 0.29) is 12.6 Å². The Morgan fingerprint density at radius 3 is 2.85 bits per heavy atom. The average Bonchev–Trinajstić information content (AvgIpc) is 3.31. The van der Waals surface area contributed by atoms with Gasteiger partial charge in [-0.05, 0) is 44.9 Å². The lowest BCUT2D eigenvalue weighted by Gasteiger charge is -2.07. The maximum atomic E-state index is 12.5. The molecule has 0 bridgehead atoms. The highest BCUT2D eigenvalue weighted by molar-refractivity contribution is 7.13. The molecule has 1 aliphatic rings. The maximum Gasteiger partial charge on any atom is 0.340 e. The molecule has 0 N–H and O–H groups in total. The summed E-state index contributed by atoms with van der Waals surface area (Å²) in [7, 11) is 1.64. The van der Waals surface area contributed by atoms with Crippen molar-refractivity contribution in [2.75, 3.05) is 7.11 Å². The third-order valence-corrected chi connectivity index (χ3v) is 5.78. The lowest BCUT2D eigenvalue weighted by molar-refractivity contribution is 0.0467. The lowest BCUT2D eigenvalue weighted by Crippen LogP contribution is -2.07. The van der Waals surface area contributed by atoms with Gasteiger partial charge in [-0.1, -0.05) is 12.1 Å². The van der Waals surface area contributed by atoms with Gasteiger partial charge in [0.05, 0.1) is 18.4 Å². The van der Waals surface area contributed by atoms with Crippen molar-refractivity contribution in [3.8, 4) is 16.3 Å². The number of thiazole rings is 1. The largest absolute Gasteiger partial charge is 0.497 e. The standard InChI is InChI=1S/C21H22N2O3S/c1-13-9-19(14(2)23(13)17-7-8-17)21(24)26-11-16-12-27-20(22-16)15-5-4-6-18(10-15)25-3/h4-6,9-10,12,17H,7-8,11H2,1-3H3. The number of ether oxygens (including phenoxy) is 2. The van der Waals surface area contributed by atoms with Crippen molar-refractivity contribution in [1.82, 2.24) is 9.55 Å². The Labute approximate surface area is 162 Å². The summed E-state index contributed by atoms with van der Waals surface area (Å²) in [4.78, 5) is 17.1. The van der Waals surface area contributed by atoms with Crippen molar-refractivity contribution in [3.63, 3.8) is 0 Å². The summed E-state index contributed by atoms with van der Waals surface area (Å²) in [6.07, 6.45) is 2.38. The van der Waals surface area contributed by atoms with Crippen LogP contribution >= 0.6 is 11.3 Å². The van der Waals surface area contributed by atoms with E-state index >= 15 is 0 Å². The molecule has 27 heavy (non-hydrogen) atoms. The molecule has 140 valence electrons. The van der Waals surface area contributed by atoms with Gasteiger partial charge in [0.25, 0.3) is 0 Å². The zero-order valence-electron chi connectivity index (χ0n) is 15.7. The first-order chi connectivity index (χ1) is 13.1. The van der Waals surface area contributed by atoms with E-state index in [2.05, 4.69) is 9.55 Å². The SMILES string of the molecule is COc1cccc(-c2nc(COC(=O)c3cc(C)n(C4CC4)c3C)cs2)c1. The fourth-order valence-electron chi connectivity index (χ4n) is 3.36. The number of methoxy groups -OCH3 is 1. The van der Waals surface area contributed by atoms with Gasteiger partial charge in [0.2, 0.25) is 0 Å². The van der Waals surface area contributed by atoms with Gasteiger partial charge >= 0.3 is 5.97 Å². The lowest BCUT2D eigenvalue weighted by atomic mass is 10.2. The quantitative estimate of drug-likeness (QED) is 0.567. The van der Waals surface area contributed by atoms with Crippen LogP contribution in [0.2, 0.25) is 0 Å². The normalized spacial score (nSPS) is 13.6. The second kappa shape index (κ2) is 7.19. The topological polar surface area (TPSA) is 53.4 Å². The van der Waals surface area contributed by atoms with Crippen molar-refractivity contribution in [2.24, 2.45) is 0 Å². The van der Waals surface area contributed by atoms with Crippen LogP contribution in [0.4, 0.5) is 0 Å². The predicted molar refractivity (Wildman–Crippen MR) is 105 cm³/mol. The summed E-state index contributed by atoms with van der Waals surface area (Å²) in [5, 5.41) is 2.81. The van der Waals surface area contributed by atoms with E-state index in [1.807, 2.05) is 49.6 Å². The molecule has 0 saturated heterocycles. The van der Waals surface area contributed by atoms with E-state index in [0.717, 1.165) is 33.4 Å². The van der Waals surface area contributed by atoms with Crippen molar-refractivity contribution in [1.29, 1.82) is 0 Å². The van der Waals surface area contributed by atoms with Crippen LogP contribution in [-0.2, 0) is 11.3 Å². The molecule has 0 amide bonds. The smallest absolute Gasteiger partial charge is 0.340 e. The molecule has 0 spiro atoms. The van der Waals surface area contributed by atoms with Gasteiger partial charge < -0.3 is 14.0 Å². The number of aryl methyl sites for hydroxylation is 1. The first-order valence-corrected chi connectivity index (χ1v) is 9.89. The van der Waals surface area contributed by atoms with Gasteiger partial charge in [-0.2, -0.15) is 0 Å². The van der Waals surface area contributed by atoms with E-state index in [0.29, 0.717) is 11.6 Å². The minimum atomic E-state index is -0.286. The van der Waals surface area contributed by atoms with Crippen molar-refractivity contribution in [2.45, 2.75) is 39.3 Å². The van der Waals surface area contributed by atoms with Gasteiger partial charge in [0.1, 0.15) is 17.4 Å². The number of carbonyl (C=O) groups is 1. The number of esters is 1. The van der Waals surface area contributed by atoms with Gasteiger partial charge in [-0.25, -0.2) is 9.78 Å². The number of hydrogen-bond acceptors (Lipinski definition) is 5. The molecule has 3 aromatic rings. The van der Waals surface area contributed by atoms with Crippen LogP contribution in [0.15, 0.2) is 35.7 Å². The zero-order chi connectivity index (χ0) is 19.0. The third kappa shape index (κ3) is 3.62. The van der Waals surface area contributed by atoms with Crippen LogP contribution in [0.3, 0.4) is 0 Å². The van der Waals surface area contributed by atoms with Crippen molar-refractivity contribution >= 4 is 17.3 Å². The number of aromatic nitrogens is 2. The molecule has 1 fully saturated rings. The van der Waals surface area contributed by atoms with Gasteiger partial charge in [0.15, 0.2) is 0 Å². The molecule has 0 aliphatic heterocycles. The molecule has 0 radical (unpaired) electrons. The fourth-order valence-corrected chi connectivity index (χ4v) is 4.16. The summed E-state index contributed by atoms with van der Waals surface area (Å²) >= 11 is 1.53. The first-order valence-electron chi connectivity index (χ1n) is 9.01. The Balaban J connectivity index is 1.44. The van der Waals surface area contributed by atoms with E-state index in [9.17, 15) is 4.79 Å². The Morgan fingerprint density at radius 1 is 1.30 bits per heavy atom. The molecule has 4 rings (SSSR count). The Hall–Kier alpha value is -2.60. The molecule has 6 heteroatoms. The van der Waals surface area contributed by atoms with Crippen LogP contribution in [0.25, 0.3) is 10.6 Å². The second-order valence-electron chi connectivity index (χ2n) is 6.84. The number of carbonyl (C=O) groups excluding carboxylic acids is 1. The summed E-state index contributed by atoms with van der Waals surface area (Å²) in [5.74, 6) is 0.507. The Kier molecular flexibility index (Phi) is 4.74. The van der Waals surface area contributed by atoms with Gasteiger partial charge in [-0.3, -0.25) is 0 Å². The fraction of sp³-hybridized carbons (Fsp3) is 0.333. The van der Waals surface area contributed by atoms with E-state index in [1.165, 1.54) is 24.2 Å². The number of benzene rings is 1. The molecular weight excluding hydrogens is 360 g/mol. The first kappa shape index (κ1) is 17.8. The predicted octanol–water partition coefficient (Wildman–Crippen LogP) is 4.93. The van der Waals surface area contributed by atoms with Crippen molar-refractivity contribution < 1.29 is 14.3 Å². The molecule has 1 saturated carbocycles. The Bertz CT molecular complexity index is 985. The molecule has 0 unspecified atom stereocenters. The summed E-state index contributed by atoms with van der Waals surface area (Å²) in [5.41, 5.74) is 4.51. The second-order valence-corrected chi connectivity index (χ2v) is 7.70. The highest BCUT2D eigenvalue weighted by atomic mass is 32.1. The molecule has 2 aromatic heterocycles. The molecule has 1 aromatic carbocycles.